The Morgan fingerprint density at radius 3 is 1.52 bits per heavy atom. The lowest BCUT2D eigenvalue weighted by atomic mass is 10.1. The number of carbonyl (C=O) groups excluding carboxylic acids is 2. The first-order valence-corrected chi connectivity index (χ1v) is 22.5. The average molecular weight is 808 g/mol. The lowest BCUT2D eigenvalue weighted by Crippen LogP contribution is -2.34. The first-order chi connectivity index (χ1) is 27.1. The normalized spacial score (nSPS) is 14.5. The van der Waals surface area contributed by atoms with Gasteiger partial charge in [0.25, 0.3) is 0 Å². The number of esters is 2. The predicted molar refractivity (Wildman–Crippen MR) is 226 cm³/mol. The second kappa shape index (κ2) is 38.8. The number of allylic oxidation sites excluding steroid dienone is 12. The van der Waals surface area contributed by atoms with Crippen LogP contribution in [0.4, 0.5) is 0 Å². The Labute approximate surface area is 338 Å². The molecule has 12 heteroatoms. The Hall–Kier alpha value is -3.08. The fourth-order valence-corrected chi connectivity index (χ4v) is 5.86. The highest BCUT2D eigenvalue weighted by Gasteiger charge is 2.28. The van der Waals surface area contributed by atoms with Gasteiger partial charge in [0.1, 0.15) is 12.6 Å². The molecule has 0 aliphatic carbocycles. The van der Waals surface area contributed by atoms with Crippen molar-refractivity contribution in [1.29, 1.82) is 0 Å². The highest BCUT2D eigenvalue weighted by Crippen LogP contribution is 2.43. The number of hydrogen-bond donors (Lipinski definition) is 3. The van der Waals surface area contributed by atoms with E-state index in [4.69, 9.17) is 24.8 Å². The van der Waals surface area contributed by atoms with Crippen LogP contribution in [-0.4, -0.2) is 59.9 Å². The Morgan fingerprint density at radius 2 is 0.982 bits per heavy atom. The summed E-state index contributed by atoms with van der Waals surface area (Å²) >= 11 is 0. The number of rotatable bonds is 38. The molecule has 0 amide bonds. The number of phosphoric ester groups is 1. The van der Waals surface area contributed by atoms with Crippen LogP contribution in [0.5, 0.6) is 0 Å². The van der Waals surface area contributed by atoms with E-state index in [1.54, 1.807) is 0 Å². The SMILES string of the molecule is CCC/C=C/C/C=C/C/C=C/C/C=C/CCCCCC(=O)O[C@H](COC(=O)CCCC/C=C/C/C=C/CCCCCCCC)COP(=O)(O)OC[C@H](N)C(=O)O. The summed E-state index contributed by atoms with van der Waals surface area (Å²) in [5, 5.41) is 8.88. The molecular weight excluding hydrogens is 733 g/mol. The maximum absolute atomic E-state index is 12.6. The molecule has 1 unspecified atom stereocenters. The molecule has 56 heavy (non-hydrogen) atoms. The van der Waals surface area contributed by atoms with Crippen LogP contribution in [0.3, 0.4) is 0 Å². The Kier molecular flexibility index (Phi) is 36.6. The number of hydrogen-bond acceptors (Lipinski definition) is 9. The zero-order valence-corrected chi connectivity index (χ0v) is 35.3. The molecule has 0 spiro atoms. The van der Waals surface area contributed by atoms with Crippen molar-refractivity contribution in [3.63, 3.8) is 0 Å². The molecule has 0 heterocycles. The second-order valence-electron chi connectivity index (χ2n) is 13.8. The summed E-state index contributed by atoms with van der Waals surface area (Å²) < 4.78 is 32.6. The van der Waals surface area contributed by atoms with E-state index < -0.39 is 51.1 Å². The maximum Gasteiger partial charge on any atom is 0.472 e. The van der Waals surface area contributed by atoms with Gasteiger partial charge in [-0.05, 0) is 83.5 Å². The number of aliphatic carboxylic acids is 1. The lowest BCUT2D eigenvalue weighted by Gasteiger charge is -2.20. The molecule has 0 aromatic carbocycles. The third kappa shape index (κ3) is 37.8. The second-order valence-corrected chi connectivity index (χ2v) is 15.2. The van der Waals surface area contributed by atoms with Gasteiger partial charge in [-0.2, -0.15) is 0 Å². The molecule has 0 saturated heterocycles. The fraction of sp³-hybridized carbons (Fsp3) is 0.659. The van der Waals surface area contributed by atoms with Crippen molar-refractivity contribution in [2.45, 2.75) is 167 Å². The lowest BCUT2D eigenvalue weighted by molar-refractivity contribution is -0.161. The Bertz CT molecular complexity index is 1230. The van der Waals surface area contributed by atoms with Gasteiger partial charge in [0.15, 0.2) is 6.10 Å². The van der Waals surface area contributed by atoms with Crippen LogP contribution in [0, 0.1) is 0 Å². The van der Waals surface area contributed by atoms with Gasteiger partial charge in [0.2, 0.25) is 0 Å². The monoisotopic (exact) mass is 808 g/mol. The van der Waals surface area contributed by atoms with E-state index in [0.29, 0.717) is 12.8 Å². The van der Waals surface area contributed by atoms with Crippen LogP contribution >= 0.6 is 7.82 Å². The standard InChI is InChI=1S/C44H74NO10P/c1-3-5-7-9-11-13-15-17-19-20-22-24-26-28-30-32-34-36-43(47)55-40(38-53-56(50,51)54-39-41(45)44(48)49)37-52-42(46)35-33-31-29-27-25-23-21-18-16-14-12-10-8-6-4-2/h7,9,13,15,18-21,24-27,40-41H,3-6,8,10-12,14,16-17,22-23,28-39,45H2,1-2H3,(H,48,49)(H,50,51)/b9-7+,15-13+,20-19+,21-18+,26-24+,27-25+/t40-,41+/m1/s1. The van der Waals surface area contributed by atoms with Crippen LogP contribution < -0.4 is 5.73 Å². The predicted octanol–water partition coefficient (Wildman–Crippen LogP) is 10.9. The third-order valence-electron chi connectivity index (χ3n) is 8.41. The third-order valence-corrected chi connectivity index (χ3v) is 9.36. The van der Waals surface area contributed by atoms with Crippen molar-refractivity contribution in [3.8, 4) is 0 Å². The van der Waals surface area contributed by atoms with Crippen molar-refractivity contribution in [1.82, 2.24) is 0 Å². The minimum Gasteiger partial charge on any atom is -0.480 e. The molecule has 0 saturated carbocycles. The zero-order chi connectivity index (χ0) is 41.4. The van der Waals surface area contributed by atoms with Crippen LogP contribution in [0.15, 0.2) is 72.9 Å². The molecule has 0 bridgehead atoms. The van der Waals surface area contributed by atoms with Gasteiger partial charge >= 0.3 is 25.7 Å². The number of carbonyl (C=O) groups is 3. The summed E-state index contributed by atoms with van der Waals surface area (Å²) in [4.78, 5) is 45.9. The molecule has 320 valence electrons. The Morgan fingerprint density at radius 1 is 0.554 bits per heavy atom. The molecule has 11 nitrogen and oxygen atoms in total. The number of phosphoric acid groups is 1. The molecule has 3 atom stereocenters. The van der Waals surface area contributed by atoms with Crippen molar-refractivity contribution < 1.29 is 47.5 Å². The smallest absolute Gasteiger partial charge is 0.472 e. The molecule has 0 radical (unpaired) electrons. The van der Waals surface area contributed by atoms with E-state index in [0.717, 1.165) is 70.6 Å². The number of carboxylic acid groups (broad SMARTS) is 1. The highest BCUT2D eigenvalue weighted by atomic mass is 31.2. The summed E-state index contributed by atoms with van der Waals surface area (Å²) in [7, 11) is -4.73. The van der Waals surface area contributed by atoms with Crippen molar-refractivity contribution in [2.75, 3.05) is 19.8 Å². The average Bonchev–Trinajstić information content (AvgIpc) is 3.17. The minimum absolute atomic E-state index is 0.113. The van der Waals surface area contributed by atoms with Crippen LogP contribution in [0.2, 0.25) is 0 Å². The van der Waals surface area contributed by atoms with E-state index in [1.165, 1.54) is 44.9 Å². The van der Waals surface area contributed by atoms with E-state index in [1.807, 2.05) is 0 Å². The molecule has 0 aliphatic rings. The quantitative estimate of drug-likeness (QED) is 0.0235. The molecule has 0 fully saturated rings. The van der Waals surface area contributed by atoms with E-state index in [9.17, 15) is 23.8 Å². The first kappa shape index (κ1) is 52.9. The molecule has 0 aliphatic heterocycles. The van der Waals surface area contributed by atoms with Crippen molar-refractivity contribution in [3.05, 3.63) is 72.9 Å². The maximum atomic E-state index is 12.6. The summed E-state index contributed by atoms with van der Waals surface area (Å²) in [5.74, 6) is -2.47. The minimum atomic E-state index is -4.73. The van der Waals surface area contributed by atoms with Gasteiger partial charge in [-0.15, -0.1) is 0 Å². The largest absolute Gasteiger partial charge is 0.480 e. The van der Waals surface area contributed by atoms with Crippen molar-refractivity contribution >= 4 is 25.7 Å². The Balaban J connectivity index is 4.52. The summed E-state index contributed by atoms with van der Waals surface area (Å²) in [6.45, 7) is 2.64. The van der Waals surface area contributed by atoms with Crippen LogP contribution in [0.1, 0.15) is 155 Å². The van der Waals surface area contributed by atoms with Gasteiger partial charge in [-0.3, -0.25) is 23.4 Å². The molecule has 0 aromatic heterocycles. The highest BCUT2D eigenvalue weighted by molar-refractivity contribution is 7.47. The van der Waals surface area contributed by atoms with E-state index in [2.05, 4.69) is 91.3 Å². The summed E-state index contributed by atoms with van der Waals surface area (Å²) in [6, 6.07) is -1.53. The molecule has 4 N–H and O–H groups in total. The number of carboxylic acids is 1. The number of ether oxygens (including phenoxy) is 2. The molecule has 0 rings (SSSR count). The van der Waals surface area contributed by atoms with Gasteiger partial charge in [0.05, 0.1) is 13.2 Å². The molecule has 0 aromatic rings. The van der Waals surface area contributed by atoms with Gasteiger partial charge < -0.3 is 25.2 Å². The zero-order valence-electron chi connectivity index (χ0n) is 34.4. The van der Waals surface area contributed by atoms with Gasteiger partial charge in [-0.25, -0.2) is 4.57 Å². The summed E-state index contributed by atoms with van der Waals surface area (Å²) in [6.07, 6.45) is 45.4. The van der Waals surface area contributed by atoms with E-state index in [-0.39, 0.29) is 19.4 Å². The van der Waals surface area contributed by atoms with Crippen molar-refractivity contribution in [2.24, 2.45) is 5.73 Å². The van der Waals surface area contributed by atoms with Crippen LogP contribution in [0.25, 0.3) is 0 Å². The van der Waals surface area contributed by atoms with Gasteiger partial charge in [-0.1, -0.05) is 132 Å². The fourth-order valence-electron chi connectivity index (χ4n) is 5.08. The first-order valence-electron chi connectivity index (χ1n) is 21.0. The number of unbranched alkanes of at least 4 members (excludes halogenated alkanes) is 12. The number of nitrogens with two attached hydrogens (primary N) is 1. The molecular formula is C44H74NO10P. The topological polar surface area (TPSA) is 172 Å². The summed E-state index contributed by atoms with van der Waals surface area (Å²) in [5.41, 5.74) is 5.32. The van der Waals surface area contributed by atoms with E-state index >= 15 is 0 Å². The van der Waals surface area contributed by atoms with Crippen LogP contribution in [-0.2, 0) is 37.5 Å². The van der Waals surface area contributed by atoms with Gasteiger partial charge in [0, 0.05) is 12.8 Å².